The van der Waals surface area contributed by atoms with Gasteiger partial charge in [0.05, 0.1) is 22.5 Å². The molecule has 0 saturated carbocycles. The molecule has 0 aliphatic carbocycles. The summed E-state index contributed by atoms with van der Waals surface area (Å²) < 4.78 is 31.4. The topological polar surface area (TPSA) is 81.2 Å². The Morgan fingerprint density at radius 3 is 2.48 bits per heavy atom. The fourth-order valence-corrected chi connectivity index (χ4v) is 2.97. The van der Waals surface area contributed by atoms with E-state index in [1.165, 1.54) is 6.07 Å². The van der Waals surface area contributed by atoms with Gasteiger partial charge in [-0.05, 0) is 36.4 Å². The molecule has 8 heteroatoms. The van der Waals surface area contributed by atoms with Crippen LogP contribution in [0, 0.1) is 11.6 Å². The van der Waals surface area contributed by atoms with Crippen LogP contribution >= 0.6 is 0 Å². The van der Waals surface area contributed by atoms with Crippen molar-refractivity contribution >= 4 is 28.5 Å². The Labute approximate surface area is 175 Å². The first-order valence-corrected chi connectivity index (χ1v) is 9.24. The molecule has 0 atom stereocenters. The minimum absolute atomic E-state index is 0.0479. The van der Waals surface area contributed by atoms with Gasteiger partial charge in [0, 0.05) is 23.3 Å². The zero-order valence-corrected chi connectivity index (χ0v) is 16.0. The summed E-state index contributed by atoms with van der Waals surface area (Å²) in [5.41, 5.74) is 1.92. The van der Waals surface area contributed by atoms with Gasteiger partial charge in [-0.3, -0.25) is 9.78 Å². The van der Waals surface area contributed by atoms with E-state index in [-0.39, 0.29) is 11.3 Å². The SMILES string of the molecule is O=C(COC(=O)c1cc(-c2ccccn2)nc2ccccc12)Nc1ccc(F)c(F)c1. The lowest BCUT2D eigenvalue weighted by Crippen LogP contribution is -2.21. The van der Waals surface area contributed by atoms with Crippen LogP contribution in [0.4, 0.5) is 14.5 Å². The summed E-state index contributed by atoms with van der Waals surface area (Å²) in [7, 11) is 0. The van der Waals surface area contributed by atoms with Gasteiger partial charge in [-0.1, -0.05) is 24.3 Å². The first-order chi connectivity index (χ1) is 15.0. The van der Waals surface area contributed by atoms with Gasteiger partial charge in [-0.25, -0.2) is 18.6 Å². The molecule has 1 N–H and O–H groups in total. The molecule has 0 radical (unpaired) electrons. The van der Waals surface area contributed by atoms with E-state index < -0.39 is 30.1 Å². The molecular weight excluding hydrogens is 404 g/mol. The largest absolute Gasteiger partial charge is 0.452 e. The number of anilines is 1. The van der Waals surface area contributed by atoms with Gasteiger partial charge >= 0.3 is 5.97 Å². The van der Waals surface area contributed by atoms with Crippen LogP contribution in [0.25, 0.3) is 22.3 Å². The fraction of sp³-hybridized carbons (Fsp3) is 0.0435. The molecule has 0 fully saturated rings. The number of esters is 1. The first-order valence-electron chi connectivity index (χ1n) is 9.24. The van der Waals surface area contributed by atoms with E-state index >= 15 is 0 Å². The highest BCUT2D eigenvalue weighted by Gasteiger charge is 2.17. The van der Waals surface area contributed by atoms with E-state index in [1.54, 1.807) is 54.7 Å². The van der Waals surface area contributed by atoms with Gasteiger partial charge < -0.3 is 10.1 Å². The number of carbonyl (C=O) groups excluding carboxylic acids is 2. The zero-order valence-electron chi connectivity index (χ0n) is 16.0. The maximum Gasteiger partial charge on any atom is 0.339 e. The normalized spacial score (nSPS) is 10.6. The fourth-order valence-electron chi connectivity index (χ4n) is 2.97. The van der Waals surface area contributed by atoms with Crippen LogP contribution < -0.4 is 5.32 Å². The van der Waals surface area contributed by atoms with Gasteiger partial charge in [0.15, 0.2) is 18.2 Å². The number of rotatable bonds is 5. The Morgan fingerprint density at radius 1 is 0.903 bits per heavy atom. The van der Waals surface area contributed by atoms with E-state index in [9.17, 15) is 18.4 Å². The number of amides is 1. The lowest BCUT2D eigenvalue weighted by molar-refractivity contribution is -0.119. The molecule has 0 unspecified atom stereocenters. The second-order valence-electron chi connectivity index (χ2n) is 6.54. The highest BCUT2D eigenvalue weighted by molar-refractivity contribution is 6.05. The van der Waals surface area contributed by atoms with Gasteiger partial charge in [0.2, 0.25) is 0 Å². The van der Waals surface area contributed by atoms with E-state index in [0.29, 0.717) is 22.3 Å². The number of para-hydroxylation sites is 1. The van der Waals surface area contributed by atoms with Gasteiger partial charge in [0.1, 0.15) is 0 Å². The zero-order chi connectivity index (χ0) is 21.8. The first kappa shape index (κ1) is 20.1. The molecule has 6 nitrogen and oxygen atoms in total. The summed E-state index contributed by atoms with van der Waals surface area (Å²) in [5, 5.41) is 2.91. The van der Waals surface area contributed by atoms with Crippen LogP contribution in [0.1, 0.15) is 10.4 Å². The number of pyridine rings is 2. The predicted octanol–water partition coefficient (Wildman–Crippen LogP) is 4.37. The van der Waals surface area contributed by atoms with Crippen molar-refractivity contribution in [2.45, 2.75) is 0 Å². The van der Waals surface area contributed by atoms with Crippen LogP contribution in [-0.4, -0.2) is 28.5 Å². The van der Waals surface area contributed by atoms with Crippen LogP contribution in [0.5, 0.6) is 0 Å². The quantitative estimate of drug-likeness (QED) is 0.486. The smallest absolute Gasteiger partial charge is 0.339 e. The number of hydrogen-bond acceptors (Lipinski definition) is 5. The molecule has 4 aromatic rings. The highest BCUT2D eigenvalue weighted by Crippen LogP contribution is 2.24. The average molecular weight is 419 g/mol. The number of benzene rings is 2. The van der Waals surface area contributed by atoms with E-state index in [2.05, 4.69) is 15.3 Å². The molecule has 1 amide bonds. The van der Waals surface area contributed by atoms with Gasteiger partial charge in [-0.15, -0.1) is 0 Å². The lowest BCUT2D eigenvalue weighted by atomic mass is 10.1. The van der Waals surface area contributed by atoms with Crippen LogP contribution in [0.15, 0.2) is 72.9 Å². The molecule has 0 bridgehead atoms. The number of carbonyl (C=O) groups is 2. The minimum atomic E-state index is -1.10. The number of fused-ring (bicyclic) bond motifs is 1. The van der Waals surface area contributed by atoms with Crippen molar-refractivity contribution in [1.82, 2.24) is 9.97 Å². The molecule has 2 aromatic carbocycles. The Morgan fingerprint density at radius 2 is 1.71 bits per heavy atom. The second kappa shape index (κ2) is 8.66. The second-order valence-corrected chi connectivity index (χ2v) is 6.54. The Kier molecular flexibility index (Phi) is 5.61. The Hall–Kier alpha value is -4.20. The number of nitrogens with one attached hydrogen (secondary N) is 1. The minimum Gasteiger partial charge on any atom is -0.452 e. The third-order valence-corrected chi connectivity index (χ3v) is 4.40. The summed E-state index contributed by atoms with van der Waals surface area (Å²) in [5.74, 6) is -3.54. The van der Waals surface area contributed by atoms with Crippen molar-refractivity contribution in [3.63, 3.8) is 0 Å². The van der Waals surface area contributed by atoms with Gasteiger partial charge in [-0.2, -0.15) is 0 Å². The summed E-state index contributed by atoms with van der Waals surface area (Å²) in [6.45, 7) is -0.604. The predicted molar refractivity (Wildman–Crippen MR) is 110 cm³/mol. The number of ether oxygens (including phenoxy) is 1. The van der Waals surface area contributed by atoms with Crippen molar-refractivity contribution in [1.29, 1.82) is 0 Å². The Bertz CT molecular complexity index is 1280. The number of hydrogen-bond donors (Lipinski definition) is 1. The van der Waals surface area contributed by atoms with Crippen molar-refractivity contribution in [3.05, 3.63) is 90.1 Å². The molecule has 0 aliphatic heterocycles. The van der Waals surface area contributed by atoms with Crippen LogP contribution in [-0.2, 0) is 9.53 Å². The van der Waals surface area contributed by atoms with Crippen molar-refractivity contribution in [2.75, 3.05) is 11.9 Å². The molecule has 2 aromatic heterocycles. The summed E-state index contributed by atoms with van der Waals surface area (Å²) in [6, 6.07) is 16.9. The maximum atomic E-state index is 13.3. The third kappa shape index (κ3) is 4.53. The summed E-state index contributed by atoms with van der Waals surface area (Å²) in [4.78, 5) is 33.6. The van der Waals surface area contributed by atoms with Crippen LogP contribution in [0.2, 0.25) is 0 Å². The molecule has 4 rings (SSSR count). The van der Waals surface area contributed by atoms with E-state index in [1.807, 2.05) is 0 Å². The summed E-state index contributed by atoms with van der Waals surface area (Å²) in [6.07, 6.45) is 1.62. The molecule has 0 spiro atoms. The number of aromatic nitrogens is 2. The van der Waals surface area contributed by atoms with Crippen molar-refractivity contribution in [3.8, 4) is 11.4 Å². The lowest BCUT2D eigenvalue weighted by Gasteiger charge is -2.10. The van der Waals surface area contributed by atoms with E-state index in [0.717, 1.165) is 12.1 Å². The van der Waals surface area contributed by atoms with Crippen LogP contribution in [0.3, 0.4) is 0 Å². The monoisotopic (exact) mass is 419 g/mol. The third-order valence-electron chi connectivity index (χ3n) is 4.40. The molecule has 0 saturated heterocycles. The highest BCUT2D eigenvalue weighted by atomic mass is 19.2. The maximum absolute atomic E-state index is 13.3. The standard InChI is InChI=1S/C23H15F2N3O3/c24-17-9-8-14(11-18(17)25)27-22(29)13-31-23(30)16-12-21(20-7-3-4-10-26-20)28-19-6-2-1-5-15(16)19/h1-12H,13H2,(H,27,29). The molecular formula is C23H15F2N3O3. The molecule has 0 aliphatic rings. The van der Waals surface area contributed by atoms with Crippen molar-refractivity contribution in [2.24, 2.45) is 0 Å². The number of nitrogens with zero attached hydrogens (tertiary/aromatic N) is 2. The van der Waals surface area contributed by atoms with Crippen molar-refractivity contribution < 1.29 is 23.1 Å². The molecule has 31 heavy (non-hydrogen) atoms. The Balaban J connectivity index is 1.54. The van der Waals surface area contributed by atoms with E-state index in [4.69, 9.17) is 4.74 Å². The average Bonchev–Trinajstić information content (AvgIpc) is 2.79. The molecule has 2 heterocycles. The molecule has 154 valence electrons. The van der Waals surface area contributed by atoms with Gasteiger partial charge in [0.25, 0.3) is 5.91 Å². The number of halogens is 2. The summed E-state index contributed by atoms with van der Waals surface area (Å²) >= 11 is 0.